The van der Waals surface area contributed by atoms with E-state index in [9.17, 15) is 4.79 Å². The number of carbonyl (C=O) groups excluding carboxylic acids is 1. The maximum absolute atomic E-state index is 10.9. The van der Waals surface area contributed by atoms with Crippen LogP contribution in [0.4, 0.5) is 0 Å². The van der Waals surface area contributed by atoms with Gasteiger partial charge in [0.05, 0.1) is 6.61 Å². The molecule has 0 saturated carbocycles. The average molecular weight is 172 g/mol. The van der Waals surface area contributed by atoms with Gasteiger partial charge in [-0.15, -0.1) is 0 Å². The van der Waals surface area contributed by atoms with E-state index in [-0.39, 0.29) is 18.9 Å². The molecule has 0 aliphatic carbocycles. The number of hydrogen-bond donors (Lipinski definition) is 3. The molecule has 1 rings (SSSR count). The molecule has 4 heteroatoms. The topological polar surface area (TPSA) is 61.4 Å². The van der Waals surface area contributed by atoms with Gasteiger partial charge in [-0.2, -0.15) is 0 Å². The Morgan fingerprint density at radius 2 is 2.50 bits per heavy atom. The Morgan fingerprint density at radius 1 is 1.67 bits per heavy atom. The summed E-state index contributed by atoms with van der Waals surface area (Å²) in [6, 6.07) is 0. The summed E-state index contributed by atoms with van der Waals surface area (Å²) >= 11 is 0. The predicted octanol–water partition coefficient (Wildman–Crippen LogP) is -0.905. The maximum Gasteiger partial charge on any atom is 0.222 e. The van der Waals surface area contributed by atoms with Gasteiger partial charge in [0.2, 0.25) is 5.91 Å². The van der Waals surface area contributed by atoms with Gasteiger partial charge < -0.3 is 15.7 Å². The van der Waals surface area contributed by atoms with Crippen molar-refractivity contribution in [3.8, 4) is 0 Å². The van der Waals surface area contributed by atoms with Crippen molar-refractivity contribution in [1.82, 2.24) is 10.6 Å². The smallest absolute Gasteiger partial charge is 0.222 e. The highest BCUT2D eigenvalue weighted by Crippen LogP contribution is 2.04. The third-order valence-electron chi connectivity index (χ3n) is 2.09. The molecule has 0 aromatic carbocycles. The van der Waals surface area contributed by atoms with Crippen LogP contribution in [0, 0.1) is 5.92 Å². The Kier molecular flexibility index (Phi) is 4.04. The molecule has 1 fully saturated rings. The van der Waals surface area contributed by atoms with Gasteiger partial charge in [-0.05, 0) is 25.4 Å². The monoisotopic (exact) mass is 172 g/mol. The van der Waals surface area contributed by atoms with Crippen LogP contribution in [0.5, 0.6) is 0 Å². The second kappa shape index (κ2) is 5.11. The lowest BCUT2D eigenvalue weighted by atomic mass is 10.1. The Hall–Kier alpha value is -0.610. The van der Waals surface area contributed by atoms with Crippen LogP contribution in [0.2, 0.25) is 0 Å². The van der Waals surface area contributed by atoms with E-state index in [0.717, 1.165) is 26.1 Å². The van der Waals surface area contributed by atoms with Crippen molar-refractivity contribution in [3.05, 3.63) is 0 Å². The SMILES string of the molecule is O=C(CCO)NCC1CCNC1. The van der Waals surface area contributed by atoms with Gasteiger partial charge in [-0.3, -0.25) is 4.79 Å². The van der Waals surface area contributed by atoms with Crippen LogP contribution in [0.15, 0.2) is 0 Å². The standard InChI is InChI=1S/C8H16N2O2/c11-4-2-8(12)10-6-7-1-3-9-5-7/h7,9,11H,1-6H2,(H,10,12). The second-order valence-corrected chi connectivity index (χ2v) is 3.14. The molecule has 4 nitrogen and oxygen atoms in total. The predicted molar refractivity (Wildman–Crippen MR) is 45.7 cm³/mol. The molecule has 3 N–H and O–H groups in total. The van der Waals surface area contributed by atoms with Gasteiger partial charge in [-0.1, -0.05) is 0 Å². The summed E-state index contributed by atoms with van der Waals surface area (Å²) in [5.41, 5.74) is 0. The van der Waals surface area contributed by atoms with Crippen LogP contribution in [-0.2, 0) is 4.79 Å². The van der Waals surface area contributed by atoms with Crippen LogP contribution < -0.4 is 10.6 Å². The average Bonchev–Trinajstić information content (AvgIpc) is 2.53. The molecular weight excluding hydrogens is 156 g/mol. The van der Waals surface area contributed by atoms with Crippen LogP contribution in [0.1, 0.15) is 12.8 Å². The largest absolute Gasteiger partial charge is 0.396 e. The molecule has 1 unspecified atom stereocenters. The molecule has 1 atom stereocenters. The molecule has 1 saturated heterocycles. The number of rotatable bonds is 4. The minimum Gasteiger partial charge on any atom is -0.396 e. The van der Waals surface area contributed by atoms with E-state index < -0.39 is 0 Å². The Labute approximate surface area is 72.3 Å². The van der Waals surface area contributed by atoms with Gasteiger partial charge in [0.25, 0.3) is 0 Å². The zero-order valence-electron chi connectivity index (χ0n) is 7.18. The first-order chi connectivity index (χ1) is 5.83. The minimum absolute atomic E-state index is 0.0515. The highest BCUT2D eigenvalue weighted by Gasteiger charge is 2.14. The summed E-state index contributed by atoms with van der Waals surface area (Å²) in [4.78, 5) is 10.9. The van der Waals surface area contributed by atoms with E-state index in [1.165, 1.54) is 0 Å². The number of amides is 1. The van der Waals surface area contributed by atoms with Gasteiger partial charge in [-0.25, -0.2) is 0 Å². The third kappa shape index (κ3) is 3.19. The normalized spacial score (nSPS) is 22.6. The van der Waals surface area contributed by atoms with E-state index in [1.54, 1.807) is 0 Å². The fraction of sp³-hybridized carbons (Fsp3) is 0.875. The molecule has 1 amide bonds. The van der Waals surface area contributed by atoms with Crippen LogP contribution >= 0.6 is 0 Å². The fourth-order valence-electron chi connectivity index (χ4n) is 1.34. The van der Waals surface area contributed by atoms with Crippen molar-refractivity contribution >= 4 is 5.91 Å². The van der Waals surface area contributed by atoms with Crippen molar-refractivity contribution in [2.75, 3.05) is 26.2 Å². The Morgan fingerprint density at radius 3 is 3.08 bits per heavy atom. The minimum atomic E-state index is -0.0608. The molecule has 0 aromatic rings. The summed E-state index contributed by atoms with van der Waals surface area (Å²) in [6.45, 7) is 2.74. The van der Waals surface area contributed by atoms with Crippen LogP contribution in [-0.4, -0.2) is 37.3 Å². The van der Waals surface area contributed by atoms with Crippen LogP contribution in [0.25, 0.3) is 0 Å². The molecule has 70 valence electrons. The Balaban J connectivity index is 2.03. The first kappa shape index (κ1) is 9.48. The number of hydrogen-bond acceptors (Lipinski definition) is 3. The first-order valence-corrected chi connectivity index (χ1v) is 4.41. The lowest BCUT2D eigenvalue weighted by molar-refractivity contribution is -0.121. The van der Waals surface area contributed by atoms with Crippen molar-refractivity contribution in [2.24, 2.45) is 5.92 Å². The number of nitrogens with one attached hydrogen (secondary N) is 2. The molecule has 0 radical (unpaired) electrons. The summed E-state index contributed by atoms with van der Waals surface area (Å²) < 4.78 is 0. The van der Waals surface area contributed by atoms with Gasteiger partial charge in [0, 0.05) is 13.0 Å². The zero-order chi connectivity index (χ0) is 8.81. The van der Waals surface area contributed by atoms with E-state index in [1.807, 2.05) is 0 Å². The van der Waals surface area contributed by atoms with Gasteiger partial charge >= 0.3 is 0 Å². The number of aliphatic hydroxyl groups excluding tert-OH is 1. The zero-order valence-corrected chi connectivity index (χ0v) is 7.18. The van der Waals surface area contributed by atoms with Crippen molar-refractivity contribution in [3.63, 3.8) is 0 Å². The van der Waals surface area contributed by atoms with Crippen molar-refractivity contribution in [2.45, 2.75) is 12.8 Å². The Bertz CT molecular complexity index is 144. The fourth-order valence-corrected chi connectivity index (χ4v) is 1.34. The quantitative estimate of drug-likeness (QED) is 0.515. The van der Waals surface area contributed by atoms with E-state index in [2.05, 4.69) is 10.6 Å². The first-order valence-electron chi connectivity index (χ1n) is 4.41. The third-order valence-corrected chi connectivity index (χ3v) is 2.09. The number of carbonyl (C=O) groups is 1. The summed E-state index contributed by atoms with van der Waals surface area (Å²) in [5, 5.41) is 14.5. The van der Waals surface area contributed by atoms with E-state index in [4.69, 9.17) is 5.11 Å². The summed E-state index contributed by atoms with van der Waals surface area (Å²) in [6.07, 6.45) is 1.36. The molecule has 12 heavy (non-hydrogen) atoms. The molecule has 0 aromatic heterocycles. The van der Waals surface area contributed by atoms with E-state index >= 15 is 0 Å². The maximum atomic E-state index is 10.9. The highest BCUT2D eigenvalue weighted by atomic mass is 16.3. The van der Waals surface area contributed by atoms with Gasteiger partial charge in [0.1, 0.15) is 0 Å². The molecule has 0 bridgehead atoms. The highest BCUT2D eigenvalue weighted by molar-refractivity contribution is 5.75. The van der Waals surface area contributed by atoms with Crippen LogP contribution in [0.3, 0.4) is 0 Å². The molecular formula is C8H16N2O2. The lowest BCUT2D eigenvalue weighted by Crippen LogP contribution is -2.30. The molecule has 0 spiro atoms. The number of aliphatic hydroxyl groups is 1. The van der Waals surface area contributed by atoms with E-state index in [0.29, 0.717) is 5.92 Å². The summed E-state index contributed by atoms with van der Waals surface area (Å²) in [5.74, 6) is 0.525. The van der Waals surface area contributed by atoms with Crippen molar-refractivity contribution < 1.29 is 9.90 Å². The summed E-state index contributed by atoms with van der Waals surface area (Å²) in [7, 11) is 0. The second-order valence-electron chi connectivity index (χ2n) is 3.14. The molecule has 1 aliphatic heterocycles. The van der Waals surface area contributed by atoms with Crippen molar-refractivity contribution in [1.29, 1.82) is 0 Å². The van der Waals surface area contributed by atoms with Gasteiger partial charge in [0.15, 0.2) is 0 Å². The molecule has 1 heterocycles. The lowest BCUT2D eigenvalue weighted by Gasteiger charge is -2.08. The molecule has 1 aliphatic rings.